The number of hydrogen-bond acceptors (Lipinski definition) is 4. The lowest BCUT2D eigenvalue weighted by Crippen LogP contribution is -2.48. The summed E-state index contributed by atoms with van der Waals surface area (Å²) in [6.07, 6.45) is 3.50. The Hall–Kier alpha value is -2.73. The van der Waals surface area contributed by atoms with Crippen LogP contribution in [0.1, 0.15) is 46.2 Å². The number of piperazine rings is 1. The summed E-state index contributed by atoms with van der Waals surface area (Å²) in [7, 11) is 0. The highest BCUT2D eigenvalue weighted by Gasteiger charge is 2.23. The van der Waals surface area contributed by atoms with Crippen LogP contribution in [0, 0.1) is 0 Å². The fourth-order valence-corrected chi connectivity index (χ4v) is 3.28. The fraction of sp³-hybridized carbons (Fsp3) is 0.409. The second-order valence-corrected chi connectivity index (χ2v) is 7.09. The van der Waals surface area contributed by atoms with Crippen LogP contribution < -0.4 is 5.32 Å². The molecule has 2 amide bonds. The zero-order valence-electron chi connectivity index (χ0n) is 16.4. The average molecular weight is 380 g/mol. The highest BCUT2D eigenvalue weighted by molar-refractivity contribution is 5.98. The van der Waals surface area contributed by atoms with Crippen LogP contribution >= 0.6 is 0 Å². The van der Waals surface area contributed by atoms with E-state index >= 15 is 0 Å². The molecule has 1 aromatic heterocycles. The van der Waals surface area contributed by atoms with Gasteiger partial charge in [-0.15, -0.1) is 0 Å². The zero-order chi connectivity index (χ0) is 19.8. The van der Waals surface area contributed by atoms with Crippen molar-refractivity contribution in [3.8, 4) is 0 Å². The second kappa shape index (κ2) is 9.99. The van der Waals surface area contributed by atoms with E-state index in [1.165, 1.54) is 11.8 Å². The molecular formula is C22H28N4O2. The average Bonchev–Trinajstić information content (AvgIpc) is 2.75. The molecule has 2 heterocycles. The molecule has 148 valence electrons. The van der Waals surface area contributed by atoms with Crippen molar-refractivity contribution in [2.24, 2.45) is 0 Å². The van der Waals surface area contributed by atoms with E-state index in [9.17, 15) is 9.59 Å². The highest BCUT2D eigenvalue weighted by atomic mass is 16.2. The molecule has 0 spiro atoms. The first-order valence-corrected chi connectivity index (χ1v) is 9.97. The molecule has 1 aliphatic rings. The summed E-state index contributed by atoms with van der Waals surface area (Å²) >= 11 is 0. The Morgan fingerprint density at radius 2 is 1.82 bits per heavy atom. The normalized spacial score (nSPS) is 14.7. The number of benzene rings is 1. The number of rotatable bonds is 7. The number of pyridine rings is 1. The number of nitrogens with zero attached hydrogens (tertiary/aromatic N) is 3. The van der Waals surface area contributed by atoms with Crippen LogP contribution in [-0.4, -0.2) is 59.3 Å². The Morgan fingerprint density at radius 3 is 2.54 bits per heavy atom. The van der Waals surface area contributed by atoms with Crippen LogP contribution in [0.15, 0.2) is 48.7 Å². The van der Waals surface area contributed by atoms with Gasteiger partial charge in [0.25, 0.3) is 11.8 Å². The molecule has 3 rings (SSSR count). The molecule has 0 saturated carbocycles. The molecule has 1 aliphatic heterocycles. The summed E-state index contributed by atoms with van der Waals surface area (Å²) in [4.78, 5) is 33.4. The maximum Gasteiger partial charge on any atom is 0.272 e. The van der Waals surface area contributed by atoms with Gasteiger partial charge in [-0.2, -0.15) is 0 Å². The van der Waals surface area contributed by atoms with Crippen LogP contribution in [0.2, 0.25) is 0 Å². The maximum absolute atomic E-state index is 12.8. The monoisotopic (exact) mass is 380 g/mol. The quantitative estimate of drug-likeness (QED) is 0.750. The van der Waals surface area contributed by atoms with Crippen molar-refractivity contribution >= 4 is 11.8 Å². The molecule has 1 N–H and O–H groups in total. The number of hydrogen-bond donors (Lipinski definition) is 1. The number of unbranched alkanes of at least 4 members (excludes halogenated alkanes) is 1. The first-order chi connectivity index (χ1) is 13.7. The predicted molar refractivity (Wildman–Crippen MR) is 109 cm³/mol. The van der Waals surface area contributed by atoms with Crippen molar-refractivity contribution in [3.05, 3.63) is 65.5 Å². The van der Waals surface area contributed by atoms with E-state index in [2.05, 4.69) is 34.3 Å². The van der Waals surface area contributed by atoms with Crippen LogP contribution in [0.5, 0.6) is 0 Å². The summed E-state index contributed by atoms with van der Waals surface area (Å²) in [6, 6.07) is 13.6. The Bertz CT molecular complexity index is 786. The molecule has 0 unspecified atom stereocenters. The minimum absolute atomic E-state index is 0.109. The predicted octanol–water partition coefficient (Wildman–Crippen LogP) is 2.57. The number of carbonyl (C=O) groups is 2. The van der Waals surface area contributed by atoms with Crippen molar-refractivity contribution in [3.63, 3.8) is 0 Å². The highest BCUT2D eigenvalue weighted by Crippen LogP contribution is 2.12. The van der Waals surface area contributed by atoms with Gasteiger partial charge in [-0.3, -0.25) is 19.5 Å². The number of carbonyl (C=O) groups excluding carboxylic acids is 2. The van der Waals surface area contributed by atoms with Crippen molar-refractivity contribution in [1.29, 1.82) is 0 Å². The molecule has 6 nitrogen and oxygen atoms in total. The first kappa shape index (κ1) is 20.0. The Morgan fingerprint density at radius 1 is 1.07 bits per heavy atom. The Balaban J connectivity index is 1.55. The van der Waals surface area contributed by atoms with Gasteiger partial charge in [0.05, 0.1) is 0 Å². The zero-order valence-corrected chi connectivity index (χ0v) is 16.4. The van der Waals surface area contributed by atoms with Gasteiger partial charge in [-0.25, -0.2) is 0 Å². The minimum atomic E-state index is -0.155. The van der Waals surface area contributed by atoms with E-state index in [-0.39, 0.29) is 11.8 Å². The van der Waals surface area contributed by atoms with E-state index in [1.807, 2.05) is 23.1 Å². The van der Waals surface area contributed by atoms with Crippen LogP contribution in [-0.2, 0) is 6.54 Å². The molecule has 0 bridgehead atoms. The lowest BCUT2D eigenvalue weighted by atomic mass is 10.1. The molecule has 28 heavy (non-hydrogen) atoms. The SMILES string of the molecule is CCCCNC(=O)c1ccnc(C(=O)N2CCN(Cc3ccccc3)CC2)c1. The van der Waals surface area contributed by atoms with Gasteiger partial charge in [0, 0.05) is 51.0 Å². The lowest BCUT2D eigenvalue weighted by Gasteiger charge is -2.34. The first-order valence-electron chi connectivity index (χ1n) is 9.97. The van der Waals surface area contributed by atoms with Gasteiger partial charge in [-0.1, -0.05) is 43.7 Å². The molecule has 0 atom stereocenters. The largest absolute Gasteiger partial charge is 0.352 e. The molecule has 2 aromatic rings. The van der Waals surface area contributed by atoms with Gasteiger partial charge in [0.2, 0.25) is 0 Å². The van der Waals surface area contributed by atoms with Gasteiger partial charge in [0.15, 0.2) is 0 Å². The second-order valence-electron chi connectivity index (χ2n) is 7.09. The smallest absolute Gasteiger partial charge is 0.272 e. The van der Waals surface area contributed by atoms with Crippen molar-refractivity contribution in [1.82, 2.24) is 20.1 Å². The third kappa shape index (κ3) is 5.39. The van der Waals surface area contributed by atoms with E-state index in [0.29, 0.717) is 30.9 Å². The standard InChI is InChI=1S/C22H28N4O2/c1-2-3-10-24-21(27)19-9-11-23-20(16-19)22(28)26-14-12-25(13-15-26)17-18-7-5-4-6-8-18/h4-9,11,16H,2-3,10,12-15,17H2,1H3,(H,24,27). The van der Waals surface area contributed by atoms with Gasteiger partial charge in [-0.05, 0) is 24.1 Å². The lowest BCUT2D eigenvalue weighted by molar-refractivity contribution is 0.0622. The van der Waals surface area contributed by atoms with Crippen LogP contribution in [0.3, 0.4) is 0 Å². The van der Waals surface area contributed by atoms with E-state index in [0.717, 1.165) is 32.5 Å². The van der Waals surface area contributed by atoms with Crippen molar-refractivity contribution in [2.75, 3.05) is 32.7 Å². The fourth-order valence-electron chi connectivity index (χ4n) is 3.28. The Labute approximate surface area is 166 Å². The molecule has 1 aromatic carbocycles. The molecule has 0 aliphatic carbocycles. The summed E-state index contributed by atoms with van der Waals surface area (Å²) in [6.45, 7) is 6.62. The van der Waals surface area contributed by atoms with Gasteiger partial charge in [0.1, 0.15) is 5.69 Å². The molecule has 0 radical (unpaired) electrons. The van der Waals surface area contributed by atoms with E-state index in [1.54, 1.807) is 12.1 Å². The molecule has 1 saturated heterocycles. The molecule has 6 heteroatoms. The maximum atomic E-state index is 12.8. The number of nitrogens with one attached hydrogen (secondary N) is 1. The van der Waals surface area contributed by atoms with Crippen LogP contribution in [0.4, 0.5) is 0 Å². The van der Waals surface area contributed by atoms with Crippen molar-refractivity contribution in [2.45, 2.75) is 26.3 Å². The van der Waals surface area contributed by atoms with E-state index in [4.69, 9.17) is 0 Å². The van der Waals surface area contributed by atoms with Gasteiger partial charge >= 0.3 is 0 Å². The minimum Gasteiger partial charge on any atom is -0.352 e. The molecular weight excluding hydrogens is 352 g/mol. The summed E-state index contributed by atoms with van der Waals surface area (Å²) < 4.78 is 0. The number of amides is 2. The summed E-state index contributed by atoms with van der Waals surface area (Å²) in [5.74, 6) is -0.264. The molecule has 1 fully saturated rings. The van der Waals surface area contributed by atoms with Crippen molar-refractivity contribution < 1.29 is 9.59 Å². The van der Waals surface area contributed by atoms with Gasteiger partial charge < -0.3 is 10.2 Å². The Kier molecular flexibility index (Phi) is 7.14. The summed E-state index contributed by atoms with van der Waals surface area (Å²) in [5.41, 5.74) is 2.10. The topological polar surface area (TPSA) is 65.5 Å². The third-order valence-corrected chi connectivity index (χ3v) is 4.97. The van der Waals surface area contributed by atoms with E-state index < -0.39 is 0 Å². The summed E-state index contributed by atoms with van der Waals surface area (Å²) in [5, 5.41) is 2.88. The van der Waals surface area contributed by atoms with Crippen LogP contribution in [0.25, 0.3) is 0 Å². The number of aromatic nitrogens is 1. The third-order valence-electron chi connectivity index (χ3n) is 4.97.